The van der Waals surface area contributed by atoms with Crippen LogP contribution in [-0.2, 0) is 16.2 Å². The van der Waals surface area contributed by atoms with Gasteiger partial charge in [-0.05, 0) is 54.1 Å². The fraction of sp³-hybridized carbons (Fsp3) is 0.0357. The number of nitro benzene ring substituents is 1. The number of carbonyl (C=O) groups is 3. The van der Waals surface area contributed by atoms with Gasteiger partial charge in [0.1, 0.15) is 29.4 Å². The zero-order valence-electron chi connectivity index (χ0n) is 20.0. The van der Waals surface area contributed by atoms with Crippen LogP contribution in [0.15, 0.2) is 94.9 Å². The summed E-state index contributed by atoms with van der Waals surface area (Å²) in [6.45, 7) is 0.348. The largest absolute Gasteiger partial charge is 0.489 e. The van der Waals surface area contributed by atoms with Gasteiger partial charge in [-0.25, -0.2) is 9.69 Å². The van der Waals surface area contributed by atoms with Crippen molar-refractivity contribution in [3.8, 4) is 17.1 Å². The number of urea groups is 1. The number of furan rings is 1. The molecule has 1 N–H and O–H groups in total. The van der Waals surface area contributed by atoms with Gasteiger partial charge >= 0.3 is 6.03 Å². The van der Waals surface area contributed by atoms with Crippen LogP contribution < -0.4 is 15.0 Å². The molecular weight excluding hydrogens is 526 g/mol. The summed E-state index contributed by atoms with van der Waals surface area (Å²) in [4.78, 5) is 49.5. The van der Waals surface area contributed by atoms with Crippen LogP contribution in [0.5, 0.6) is 5.75 Å². The van der Waals surface area contributed by atoms with Crippen molar-refractivity contribution in [2.24, 2.45) is 0 Å². The minimum atomic E-state index is -0.891. The molecule has 10 nitrogen and oxygen atoms in total. The molecular formula is C28H18ClN3O7. The van der Waals surface area contributed by atoms with Gasteiger partial charge in [0.2, 0.25) is 0 Å². The van der Waals surface area contributed by atoms with Crippen LogP contribution >= 0.6 is 11.6 Å². The third-order valence-electron chi connectivity index (χ3n) is 5.79. The molecule has 0 saturated carbocycles. The molecule has 4 aromatic rings. The Balaban J connectivity index is 1.35. The van der Waals surface area contributed by atoms with Gasteiger partial charge in [0.25, 0.3) is 17.5 Å². The number of hydrogen-bond acceptors (Lipinski definition) is 7. The molecule has 0 aliphatic carbocycles. The highest BCUT2D eigenvalue weighted by Crippen LogP contribution is 2.33. The van der Waals surface area contributed by atoms with E-state index in [2.05, 4.69) is 5.32 Å². The first-order chi connectivity index (χ1) is 18.8. The number of amides is 4. The number of hydrogen-bond donors (Lipinski definition) is 1. The first-order valence-corrected chi connectivity index (χ1v) is 11.9. The highest BCUT2D eigenvalue weighted by molar-refractivity contribution is 6.39. The van der Waals surface area contributed by atoms with E-state index in [0.29, 0.717) is 17.9 Å². The van der Waals surface area contributed by atoms with Crippen molar-refractivity contribution < 1.29 is 28.5 Å². The van der Waals surface area contributed by atoms with Crippen molar-refractivity contribution in [3.63, 3.8) is 0 Å². The van der Waals surface area contributed by atoms with Crippen molar-refractivity contribution >= 4 is 46.9 Å². The van der Waals surface area contributed by atoms with Gasteiger partial charge in [-0.3, -0.25) is 25.0 Å². The van der Waals surface area contributed by atoms with Crippen LogP contribution in [0.4, 0.5) is 16.2 Å². The highest BCUT2D eigenvalue weighted by atomic mass is 35.5. The number of benzene rings is 3. The first-order valence-electron chi connectivity index (χ1n) is 11.5. The van der Waals surface area contributed by atoms with Gasteiger partial charge in [0, 0.05) is 17.7 Å². The first kappa shape index (κ1) is 25.4. The van der Waals surface area contributed by atoms with E-state index >= 15 is 0 Å². The Morgan fingerprint density at radius 2 is 1.72 bits per heavy atom. The van der Waals surface area contributed by atoms with Gasteiger partial charge in [-0.15, -0.1) is 0 Å². The number of barbiturate groups is 1. The van der Waals surface area contributed by atoms with E-state index in [1.807, 2.05) is 30.3 Å². The molecule has 1 saturated heterocycles. The summed E-state index contributed by atoms with van der Waals surface area (Å²) in [6.07, 6.45) is 1.21. The Labute approximate surface area is 226 Å². The summed E-state index contributed by atoms with van der Waals surface area (Å²) in [5, 5.41) is 13.2. The fourth-order valence-electron chi connectivity index (χ4n) is 3.86. The molecule has 11 heteroatoms. The number of ether oxygens (including phenoxy) is 1. The lowest BCUT2D eigenvalue weighted by molar-refractivity contribution is -0.384. The second-order valence-electron chi connectivity index (χ2n) is 8.35. The number of carbonyl (C=O) groups excluding carboxylic acids is 3. The number of anilines is 1. The van der Waals surface area contributed by atoms with E-state index in [4.69, 9.17) is 20.8 Å². The summed E-state index contributed by atoms with van der Waals surface area (Å²) in [7, 11) is 0. The third kappa shape index (κ3) is 5.41. The van der Waals surface area contributed by atoms with E-state index in [1.165, 1.54) is 42.5 Å². The lowest BCUT2D eigenvalue weighted by Gasteiger charge is -2.26. The Morgan fingerprint density at radius 3 is 2.41 bits per heavy atom. The Bertz CT molecular complexity index is 1630. The zero-order chi connectivity index (χ0) is 27.5. The smallest absolute Gasteiger partial charge is 0.335 e. The number of non-ortho nitro benzene ring substituents is 1. The SMILES string of the molecule is O=C1NC(=O)N(c2ccc(OCc3ccccc3)cc2)C(=O)/C1=C\c1ccc(-c2ccc([N+](=O)[O-])cc2Cl)o1. The van der Waals surface area contributed by atoms with Crippen molar-refractivity contribution in [1.82, 2.24) is 5.32 Å². The summed E-state index contributed by atoms with van der Waals surface area (Å²) in [5.74, 6) is -0.781. The molecule has 2 heterocycles. The standard InChI is InChI=1S/C28H18ClN3O7/c29-24-14-19(32(36)37)8-12-22(24)25-13-11-21(39-25)15-23-26(33)30-28(35)31(27(23)34)18-6-9-20(10-7-18)38-16-17-4-2-1-3-5-17/h1-15H,16H2,(H,30,33,35)/b23-15-. The molecule has 0 radical (unpaired) electrons. The molecule has 5 rings (SSSR count). The lowest BCUT2D eigenvalue weighted by atomic mass is 10.1. The molecule has 1 aliphatic rings. The normalized spacial score (nSPS) is 14.4. The van der Waals surface area contributed by atoms with Crippen LogP contribution in [0.2, 0.25) is 5.02 Å². The summed E-state index contributed by atoms with van der Waals surface area (Å²) in [5.41, 5.74) is 1.10. The molecule has 0 bridgehead atoms. The number of halogens is 1. The fourth-order valence-corrected chi connectivity index (χ4v) is 4.13. The molecule has 0 unspecified atom stereocenters. The Hall–Kier alpha value is -5.22. The maximum Gasteiger partial charge on any atom is 0.335 e. The molecule has 0 spiro atoms. The van der Waals surface area contributed by atoms with Crippen LogP contribution in [0.3, 0.4) is 0 Å². The van der Waals surface area contributed by atoms with Gasteiger partial charge in [-0.1, -0.05) is 41.9 Å². The van der Waals surface area contributed by atoms with Gasteiger partial charge in [0.15, 0.2) is 0 Å². The van der Waals surface area contributed by atoms with Crippen LogP contribution in [0.25, 0.3) is 17.4 Å². The predicted octanol–water partition coefficient (Wildman–Crippen LogP) is 5.75. The summed E-state index contributed by atoms with van der Waals surface area (Å²) < 4.78 is 11.5. The van der Waals surface area contributed by atoms with Crippen molar-refractivity contribution in [2.45, 2.75) is 6.61 Å². The van der Waals surface area contributed by atoms with E-state index in [9.17, 15) is 24.5 Å². The monoisotopic (exact) mass is 543 g/mol. The van der Waals surface area contributed by atoms with E-state index in [1.54, 1.807) is 18.2 Å². The van der Waals surface area contributed by atoms with Crippen LogP contribution in [-0.4, -0.2) is 22.8 Å². The van der Waals surface area contributed by atoms with Crippen molar-refractivity contribution in [2.75, 3.05) is 4.90 Å². The van der Waals surface area contributed by atoms with Gasteiger partial charge < -0.3 is 9.15 Å². The minimum absolute atomic E-state index is 0.0946. The molecule has 1 aliphatic heterocycles. The molecule has 4 amide bonds. The number of imide groups is 2. The highest BCUT2D eigenvalue weighted by Gasteiger charge is 2.37. The van der Waals surface area contributed by atoms with E-state index in [-0.39, 0.29) is 33.5 Å². The minimum Gasteiger partial charge on any atom is -0.489 e. The summed E-state index contributed by atoms with van der Waals surface area (Å²) in [6, 6.07) is 21.9. The lowest BCUT2D eigenvalue weighted by Crippen LogP contribution is -2.54. The number of nitro groups is 1. The molecule has 1 fully saturated rings. The van der Waals surface area contributed by atoms with E-state index < -0.39 is 22.8 Å². The van der Waals surface area contributed by atoms with E-state index in [0.717, 1.165) is 10.5 Å². The Morgan fingerprint density at radius 1 is 0.974 bits per heavy atom. The number of rotatable bonds is 7. The molecule has 1 aromatic heterocycles. The second-order valence-corrected chi connectivity index (χ2v) is 8.76. The van der Waals surface area contributed by atoms with Crippen molar-refractivity contribution in [1.29, 1.82) is 0 Å². The molecule has 0 atom stereocenters. The number of nitrogens with zero attached hydrogens (tertiary/aromatic N) is 2. The predicted molar refractivity (Wildman–Crippen MR) is 142 cm³/mol. The van der Waals surface area contributed by atoms with Crippen LogP contribution in [0, 0.1) is 10.1 Å². The third-order valence-corrected chi connectivity index (χ3v) is 6.10. The average molecular weight is 544 g/mol. The maximum absolute atomic E-state index is 13.2. The van der Waals surface area contributed by atoms with Crippen molar-refractivity contribution in [3.05, 3.63) is 117 Å². The molecule has 39 heavy (non-hydrogen) atoms. The average Bonchev–Trinajstić information content (AvgIpc) is 3.39. The topological polar surface area (TPSA) is 132 Å². The zero-order valence-corrected chi connectivity index (χ0v) is 20.8. The second kappa shape index (κ2) is 10.6. The van der Waals surface area contributed by atoms with Crippen LogP contribution in [0.1, 0.15) is 11.3 Å². The molecule has 194 valence electrons. The molecule has 3 aromatic carbocycles. The van der Waals surface area contributed by atoms with Gasteiger partial charge in [0.05, 0.1) is 15.6 Å². The summed E-state index contributed by atoms with van der Waals surface area (Å²) >= 11 is 6.17. The van der Waals surface area contributed by atoms with Gasteiger partial charge in [-0.2, -0.15) is 0 Å². The quantitative estimate of drug-likeness (QED) is 0.136. The maximum atomic E-state index is 13.2. The number of nitrogens with one attached hydrogen (secondary N) is 1. The Kier molecular flexibility index (Phi) is 6.94.